The molecule has 0 aliphatic heterocycles. The van der Waals surface area contributed by atoms with E-state index in [9.17, 15) is 0 Å². The van der Waals surface area contributed by atoms with Crippen LogP contribution >= 0.6 is 31.9 Å². The molecule has 0 bridgehead atoms. The minimum atomic E-state index is 0.976. The zero-order chi connectivity index (χ0) is 14.9. The zero-order valence-electron chi connectivity index (χ0n) is 11.9. The van der Waals surface area contributed by atoms with Crippen LogP contribution in [-0.2, 0) is 0 Å². The Morgan fingerprint density at radius 1 is 0.762 bits per heavy atom. The van der Waals surface area contributed by atoms with Crippen molar-refractivity contribution in [2.24, 2.45) is 0 Å². The minimum absolute atomic E-state index is 0.976. The standard InChI is InChI=1S/C18H19Br2N/c19-11-13-21(14-12-20)18-8-4-7-17(15-18)10-9-16-5-2-1-3-6-16/h1-10,15H,11-14H2. The Hall–Kier alpha value is -1.06. The van der Waals surface area contributed by atoms with Crippen molar-refractivity contribution < 1.29 is 0 Å². The Morgan fingerprint density at radius 2 is 1.38 bits per heavy atom. The van der Waals surface area contributed by atoms with Gasteiger partial charge >= 0.3 is 0 Å². The van der Waals surface area contributed by atoms with Gasteiger partial charge in [0.25, 0.3) is 0 Å². The Morgan fingerprint density at radius 3 is 2.05 bits per heavy atom. The predicted octanol–water partition coefficient (Wildman–Crippen LogP) is 5.45. The van der Waals surface area contributed by atoms with Gasteiger partial charge in [0, 0.05) is 29.4 Å². The number of alkyl halides is 2. The summed E-state index contributed by atoms with van der Waals surface area (Å²) in [6.45, 7) is 2.02. The highest BCUT2D eigenvalue weighted by Crippen LogP contribution is 2.18. The van der Waals surface area contributed by atoms with Crippen molar-refractivity contribution >= 4 is 49.7 Å². The van der Waals surface area contributed by atoms with Gasteiger partial charge in [0.2, 0.25) is 0 Å². The smallest absolute Gasteiger partial charge is 0.0372 e. The molecule has 2 aromatic carbocycles. The van der Waals surface area contributed by atoms with Crippen LogP contribution in [0.15, 0.2) is 54.6 Å². The van der Waals surface area contributed by atoms with Crippen molar-refractivity contribution in [1.29, 1.82) is 0 Å². The summed E-state index contributed by atoms with van der Waals surface area (Å²) in [7, 11) is 0. The van der Waals surface area contributed by atoms with Gasteiger partial charge in [0.1, 0.15) is 0 Å². The molecule has 0 aromatic heterocycles. The molecule has 0 unspecified atom stereocenters. The number of hydrogen-bond donors (Lipinski definition) is 0. The van der Waals surface area contributed by atoms with Gasteiger partial charge in [-0.3, -0.25) is 0 Å². The number of hydrogen-bond acceptors (Lipinski definition) is 1. The fourth-order valence-electron chi connectivity index (χ4n) is 2.16. The SMILES string of the molecule is BrCCN(CCBr)c1cccc(C=Cc2ccccc2)c1. The highest BCUT2D eigenvalue weighted by atomic mass is 79.9. The van der Waals surface area contributed by atoms with Crippen molar-refractivity contribution in [3.8, 4) is 0 Å². The lowest BCUT2D eigenvalue weighted by Crippen LogP contribution is -2.27. The van der Waals surface area contributed by atoms with Crippen molar-refractivity contribution in [2.45, 2.75) is 0 Å². The highest BCUT2D eigenvalue weighted by molar-refractivity contribution is 9.09. The fraction of sp³-hybridized carbons (Fsp3) is 0.222. The second-order valence-electron chi connectivity index (χ2n) is 4.70. The minimum Gasteiger partial charge on any atom is -0.370 e. The molecule has 0 aliphatic carbocycles. The summed E-state index contributed by atoms with van der Waals surface area (Å²) in [6, 6.07) is 19.1. The van der Waals surface area contributed by atoms with Crippen LogP contribution in [0.4, 0.5) is 5.69 Å². The maximum Gasteiger partial charge on any atom is 0.0372 e. The highest BCUT2D eigenvalue weighted by Gasteiger charge is 2.04. The number of rotatable bonds is 7. The topological polar surface area (TPSA) is 3.24 Å². The molecule has 0 aliphatic rings. The Kier molecular flexibility index (Phi) is 7.04. The van der Waals surface area contributed by atoms with Crippen LogP contribution in [0.2, 0.25) is 0 Å². The lowest BCUT2D eigenvalue weighted by molar-refractivity contribution is 0.885. The van der Waals surface area contributed by atoms with E-state index in [2.05, 4.69) is 97.4 Å². The number of nitrogens with zero attached hydrogens (tertiary/aromatic N) is 1. The van der Waals surface area contributed by atoms with E-state index in [0.717, 1.165) is 23.7 Å². The van der Waals surface area contributed by atoms with Crippen LogP contribution in [-0.4, -0.2) is 23.7 Å². The first-order chi connectivity index (χ1) is 10.3. The maximum atomic E-state index is 3.53. The average molecular weight is 409 g/mol. The molecule has 0 spiro atoms. The van der Waals surface area contributed by atoms with E-state index in [1.165, 1.54) is 16.8 Å². The molecule has 21 heavy (non-hydrogen) atoms. The van der Waals surface area contributed by atoms with Gasteiger partial charge in [0.15, 0.2) is 0 Å². The second-order valence-corrected chi connectivity index (χ2v) is 6.29. The van der Waals surface area contributed by atoms with Gasteiger partial charge in [-0.25, -0.2) is 0 Å². The molecule has 0 N–H and O–H groups in total. The van der Waals surface area contributed by atoms with Gasteiger partial charge in [-0.2, -0.15) is 0 Å². The normalized spacial score (nSPS) is 11.0. The first-order valence-corrected chi connectivity index (χ1v) is 9.28. The quantitative estimate of drug-likeness (QED) is 0.434. The van der Waals surface area contributed by atoms with E-state index in [1.807, 2.05) is 6.07 Å². The summed E-state index contributed by atoms with van der Waals surface area (Å²) in [5.74, 6) is 0. The van der Waals surface area contributed by atoms with Crippen LogP contribution in [0, 0.1) is 0 Å². The molecule has 3 heteroatoms. The predicted molar refractivity (Wildman–Crippen MR) is 102 cm³/mol. The van der Waals surface area contributed by atoms with E-state index < -0.39 is 0 Å². The molecule has 1 nitrogen and oxygen atoms in total. The summed E-state index contributed by atoms with van der Waals surface area (Å²) in [5, 5.41) is 1.95. The first kappa shape index (κ1) is 16.3. The maximum absolute atomic E-state index is 3.53. The van der Waals surface area contributed by atoms with Crippen LogP contribution in [0.3, 0.4) is 0 Å². The number of benzene rings is 2. The van der Waals surface area contributed by atoms with E-state index >= 15 is 0 Å². The molecule has 2 aromatic rings. The third-order valence-electron chi connectivity index (χ3n) is 3.21. The molecule has 0 radical (unpaired) electrons. The molecule has 0 saturated carbocycles. The lowest BCUT2D eigenvalue weighted by Gasteiger charge is -2.23. The van der Waals surface area contributed by atoms with Crippen molar-refractivity contribution in [3.05, 3.63) is 65.7 Å². The zero-order valence-corrected chi connectivity index (χ0v) is 15.1. The molecular formula is C18H19Br2N. The number of halogens is 2. The lowest BCUT2D eigenvalue weighted by atomic mass is 10.1. The molecule has 0 fully saturated rings. The van der Waals surface area contributed by atoms with Gasteiger partial charge < -0.3 is 4.90 Å². The molecule has 0 atom stereocenters. The Balaban J connectivity index is 2.15. The van der Waals surface area contributed by atoms with Crippen LogP contribution < -0.4 is 4.90 Å². The fourth-order valence-corrected chi connectivity index (χ4v) is 3.01. The number of anilines is 1. The third kappa shape index (κ3) is 5.33. The molecule has 110 valence electrons. The van der Waals surface area contributed by atoms with Crippen LogP contribution in [0.25, 0.3) is 12.2 Å². The molecule has 0 amide bonds. The van der Waals surface area contributed by atoms with E-state index in [-0.39, 0.29) is 0 Å². The summed E-state index contributed by atoms with van der Waals surface area (Å²) < 4.78 is 0. The van der Waals surface area contributed by atoms with Gasteiger partial charge in [-0.05, 0) is 23.3 Å². The monoisotopic (exact) mass is 407 g/mol. The molecular weight excluding hydrogens is 390 g/mol. The van der Waals surface area contributed by atoms with E-state index in [0.29, 0.717) is 0 Å². The molecule has 2 rings (SSSR count). The summed E-state index contributed by atoms with van der Waals surface area (Å²) in [6.07, 6.45) is 4.32. The van der Waals surface area contributed by atoms with Crippen LogP contribution in [0.1, 0.15) is 11.1 Å². The Labute approximate surface area is 143 Å². The van der Waals surface area contributed by atoms with Crippen molar-refractivity contribution in [3.63, 3.8) is 0 Å². The first-order valence-electron chi connectivity index (χ1n) is 7.03. The van der Waals surface area contributed by atoms with Gasteiger partial charge in [-0.1, -0.05) is 86.5 Å². The largest absolute Gasteiger partial charge is 0.370 e. The van der Waals surface area contributed by atoms with E-state index in [1.54, 1.807) is 0 Å². The van der Waals surface area contributed by atoms with Crippen molar-refractivity contribution in [2.75, 3.05) is 28.6 Å². The molecule has 0 saturated heterocycles. The summed E-state index contributed by atoms with van der Waals surface area (Å²) in [5.41, 5.74) is 3.72. The van der Waals surface area contributed by atoms with Gasteiger partial charge in [-0.15, -0.1) is 0 Å². The van der Waals surface area contributed by atoms with Crippen molar-refractivity contribution in [1.82, 2.24) is 0 Å². The third-order valence-corrected chi connectivity index (χ3v) is 3.92. The van der Waals surface area contributed by atoms with Crippen LogP contribution in [0.5, 0.6) is 0 Å². The summed E-state index contributed by atoms with van der Waals surface area (Å²) in [4.78, 5) is 2.38. The average Bonchev–Trinajstić information content (AvgIpc) is 2.54. The Bertz CT molecular complexity index is 560. The second kappa shape index (κ2) is 9.06. The van der Waals surface area contributed by atoms with Gasteiger partial charge in [0.05, 0.1) is 0 Å². The molecule has 0 heterocycles. The summed E-state index contributed by atoms with van der Waals surface area (Å²) >= 11 is 7.05. The van der Waals surface area contributed by atoms with E-state index in [4.69, 9.17) is 0 Å².